The minimum absolute atomic E-state index is 0.239. The zero-order valence-corrected chi connectivity index (χ0v) is 10.0. The van der Waals surface area contributed by atoms with E-state index in [-0.39, 0.29) is 5.56 Å². The molecule has 0 spiro atoms. The molecule has 5 nitrogen and oxygen atoms in total. The highest BCUT2D eigenvalue weighted by molar-refractivity contribution is 5.94. The standard InChI is InChI=1S/C12H17NO4/c1-16-7-3-6-13-11-8-9(17-2)4-5-10(11)12(14)15/h4-5,8,13H,3,6-7H2,1-2H3,(H,14,15). The molecule has 0 saturated heterocycles. The van der Waals surface area contributed by atoms with Crippen molar-refractivity contribution in [2.75, 3.05) is 32.7 Å². The second-order valence-electron chi connectivity index (χ2n) is 3.49. The molecule has 0 fully saturated rings. The largest absolute Gasteiger partial charge is 0.497 e. The molecule has 0 heterocycles. The smallest absolute Gasteiger partial charge is 0.337 e. The number of methoxy groups -OCH3 is 2. The molecule has 0 aliphatic rings. The predicted octanol–water partition coefficient (Wildman–Crippen LogP) is 1.84. The van der Waals surface area contributed by atoms with E-state index < -0.39 is 5.97 Å². The van der Waals surface area contributed by atoms with E-state index in [4.69, 9.17) is 14.6 Å². The van der Waals surface area contributed by atoms with Gasteiger partial charge in [-0.05, 0) is 18.6 Å². The van der Waals surface area contributed by atoms with Crippen molar-refractivity contribution < 1.29 is 19.4 Å². The molecule has 1 rings (SSSR count). The normalized spacial score (nSPS) is 10.0. The summed E-state index contributed by atoms with van der Waals surface area (Å²) in [5.74, 6) is -0.328. The van der Waals surface area contributed by atoms with Gasteiger partial charge >= 0.3 is 5.97 Å². The Morgan fingerprint density at radius 3 is 2.76 bits per heavy atom. The topological polar surface area (TPSA) is 67.8 Å². The quantitative estimate of drug-likeness (QED) is 0.711. The fourth-order valence-corrected chi connectivity index (χ4v) is 1.42. The van der Waals surface area contributed by atoms with E-state index >= 15 is 0 Å². The predicted molar refractivity (Wildman–Crippen MR) is 64.9 cm³/mol. The molecule has 1 aromatic rings. The van der Waals surface area contributed by atoms with Crippen LogP contribution < -0.4 is 10.1 Å². The molecule has 0 bridgehead atoms. The number of aromatic carboxylic acids is 1. The third-order valence-electron chi connectivity index (χ3n) is 2.30. The molecule has 0 aromatic heterocycles. The molecule has 0 aliphatic carbocycles. The van der Waals surface area contributed by atoms with E-state index in [2.05, 4.69) is 5.32 Å². The van der Waals surface area contributed by atoms with E-state index in [1.54, 1.807) is 26.4 Å². The Kier molecular flexibility index (Phi) is 5.29. The number of benzene rings is 1. The highest BCUT2D eigenvalue weighted by Gasteiger charge is 2.10. The maximum absolute atomic E-state index is 11.0. The van der Waals surface area contributed by atoms with Crippen LogP contribution in [0.15, 0.2) is 18.2 Å². The van der Waals surface area contributed by atoms with Gasteiger partial charge in [-0.2, -0.15) is 0 Å². The summed E-state index contributed by atoms with van der Waals surface area (Å²) in [5, 5.41) is 12.1. The second kappa shape index (κ2) is 6.75. The maximum atomic E-state index is 11.0. The molecule has 1 aromatic carbocycles. The van der Waals surface area contributed by atoms with Gasteiger partial charge in [-0.1, -0.05) is 0 Å². The van der Waals surface area contributed by atoms with Crippen molar-refractivity contribution in [3.8, 4) is 5.75 Å². The molecule has 0 radical (unpaired) electrons. The van der Waals surface area contributed by atoms with Gasteiger partial charge in [0.1, 0.15) is 5.75 Å². The molecule has 94 valence electrons. The van der Waals surface area contributed by atoms with Crippen molar-refractivity contribution in [3.63, 3.8) is 0 Å². The lowest BCUT2D eigenvalue weighted by Crippen LogP contribution is -2.09. The first kappa shape index (κ1) is 13.3. The van der Waals surface area contributed by atoms with Crippen molar-refractivity contribution in [3.05, 3.63) is 23.8 Å². The molecule has 0 atom stereocenters. The molecule has 17 heavy (non-hydrogen) atoms. The third-order valence-corrected chi connectivity index (χ3v) is 2.30. The number of carboxylic acids is 1. The van der Waals surface area contributed by atoms with Gasteiger partial charge in [-0.15, -0.1) is 0 Å². The number of carboxylic acid groups (broad SMARTS) is 1. The third kappa shape index (κ3) is 3.96. The Morgan fingerprint density at radius 2 is 2.18 bits per heavy atom. The number of ether oxygens (including phenoxy) is 2. The fourth-order valence-electron chi connectivity index (χ4n) is 1.42. The molecular formula is C12H17NO4. The van der Waals surface area contributed by atoms with Gasteiger partial charge < -0.3 is 19.9 Å². The second-order valence-corrected chi connectivity index (χ2v) is 3.49. The van der Waals surface area contributed by atoms with Crippen LogP contribution in [0, 0.1) is 0 Å². The summed E-state index contributed by atoms with van der Waals surface area (Å²) in [4.78, 5) is 11.0. The molecule has 5 heteroatoms. The Morgan fingerprint density at radius 1 is 1.41 bits per heavy atom. The van der Waals surface area contributed by atoms with Gasteiger partial charge in [-0.25, -0.2) is 4.79 Å². The number of hydrogen-bond donors (Lipinski definition) is 2. The van der Waals surface area contributed by atoms with Crippen LogP contribution in [0.3, 0.4) is 0 Å². The van der Waals surface area contributed by atoms with Gasteiger partial charge in [0.05, 0.1) is 18.4 Å². The number of nitrogens with one attached hydrogen (secondary N) is 1. The molecule has 0 saturated carbocycles. The average molecular weight is 239 g/mol. The number of carbonyl (C=O) groups is 1. The Hall–Kier alpha value is -1.75. The first-order valence-electron chi connectivity index (χ1n) is 5.33. The molecule has 0 amide bonds. The van der Waals surface area contributed by atoms with Crippen molar-refractivity contribution >= 4 is 11.7 Å². The summed E-state index contributed by atoms with van der Waals surface area (Å²) in [6, 6.07) is 4.83. The van der Waals surface area contributed by atoms with Crippen LogP contribution in [0.25, 0.3) is 0 Å². The summed E-state index contributed by atoms with van der Waals surface area (Å²) in [5.41, 5.74) is 0.802. The lowest BCUT2D eigenvalue weighted by Gasteiger charge is -2.11. The summed E-state index contributed by atoms with van der Waals surface area (Å²) < 4.78 is 9.98. The number of hydrogen-bond acceptors (Lipinski definition) is 4. The van der Waals surface area contributed by atoms with Crippen LogP contribution in [0.4, 0.5) is 5.69 Å². The van der Waals surface area contributed by atoms with E-state index in [0.717, 1.165) is 6.42 Å². The van der Waals surface area contributed by atoms with Crippen LogP contribution in [-0.4, -0.2) is 38.4 Å². The van der Waals surface area contributed by atoms with Crippen molar-refractivity contribution in [2.24, 2.45) is 0 Å². The van der Waals surface area contributed by atoms with Gasteiger partial charge in [0.25, 0.3) is 0 Å². The van der Waals surface area contributed by atoms with Crippen LogP contribution in [0.2, 0.25) is 0 Å². The minimum Gasteiger partial charge on any atom is -0.497 e. The van der Waals surface area contributed by atoms with Gasteiger partial charge in [-0.3, -0.25) is 0 Å². The van der Waals surface area contributed by atoms with Crippen molar-refractivity contribution in [2.45, 2.75) is 6.42 Å². The molecule has 0 aliphatic heterocycles. The SMILES string of the molecule is COCCCNc1cc(OC)ccc1C(=O)O. The first-order valence-corrected chi connectivity index (χ1v) is 5.33. The summed E-state index contributed by atoms with van der Waals surface area (Å²) in [7, 11) is 3.18. The van der Waals surface area contributed by atoms with E-state index in [0.29, 0.717) is 24.6 Å². The Labute approximate surface area is 100 Å². The van der Waals surface area contributed by atoms with E-state index in [1.807, 2.05) is 0 Å². The van der Waals surface area contributed by atoms with Gasteiger partial charge in [0.2, 0.25) is 0 Å². The Bertz CT molecular complexity index is 379. The zero-order chi connectivity index (χ0) is 12.7. The van der Waals surface area contributed by atoms with Crippen molar-refractivity contribution in [1.82, 2.24) is 0 Å². The summed E-state index contributed by atoms with van der Waals surface area (Å²) in [6.07, 6.45) is 0.812. The van der Waals surface area contributed by atoms with Crippen LogP contribution in [0.5, 0.6) is 5.75 Å². The fraction of sp³-hybridized carbons (Fsp3) is 0.417. The van der Waals surface area contributed by atoms with Gasteiger partial charge in [0.15, 0.2) is 0 Å². The summed E-state index contributed by atoms with van der Waals surface area (Å²) in [6.45, 7) is 1.29. The molecular weight excluding hydrogens is 222 g/mol. The molecule has 0 unspecified atom stereocenters. The zero-order valence-electron chi connectivity index (χ0n) is 10.0. The van der Waals surface area contributed by atoms with E-state index in [1.165, 1.54) is 6.07 Å². The monoisotopic (exact) mass is 239 g/mol. The van der Waals surface area contributed by atoms with Gasteiger partial charge in [0, 0.05) is 26.3 Å². The average Bonchev–Trinajstić information content (AvgIpc) is 2.34. The maximum Gasteiger partial charge on any atom is 0.337 e. The molecule has 2 N–H and O–H groups in total. The highest BCUT2D eigenvalue weighted by atomic mass is 16.5. The van der Waals surface area contributed by atoms with Crippen molar-refractivity contribution in [1.29, 1.82) is 0 Å². The lowest BCUT2D eigenvalue weighted by molar-refractivity contribution is 0.0698. The Balaban J connectivity index is 2.75. The minimum atomic E-state index is -0.957. The summed E-state index contributed by atoms with van der Waals surface area (Å²) >= 11 is 0. The highest BCUT2D eigenvalue weighted by Crippen LogP contribution is 2.22. The first-order chi connectivity index (χ1) is 8.19. The van der Waals surface area contributed by atoms with Crippen LogP contribution >= 0.6 is 0 Å². The van der Waals surface area contributed by atoms with E-state index in [9.17, 15) is 4.79 Å². The van der Waals surface area contributed by atoms with Crippen LogP contribution in [0.1, 0.15) is 16.8 Å². The number of rotatable bonds is 7. The lowest BCUT2D eigenvalue weighted by atomic mass is 10.1. The van der Waals surface area contributed by atoms with Crippen LogP contribution in [-0.2, 0) is 4.74 Å². The number of anilines is 1.